The Morgan fingerprint density at radius 3 is 2.48 bits per heavy atom. The second-order valence-electron chi connectivity index (χ2n) is 6.92. The number of aromatic amines is 1. The fraction of sp³-hybridized carbons (Fsp3) is 0.318. The van der Waals surface area contributed by atoms with Gasteiger partial charge in [-0.3, -0.25) is 9.69 Å². The Balaban J connectivity index is 1.33. The number of para-hydroxylation sites is 1. The molecule has 0 radical (unpaired) electrons. The monoisotopic (exact) mass is 363 g/mol. The maximum atomic E-state index is 12.8. The summed E-state index contributed by atoms with van der Waals surface area (Å²) in [4.78, 5) is 20.4. The van der Waals surface area contributed by atoms with Crippen molar-refractivity contribution in [2.45, 2.75) is 13.5 Å². The third kappa shape index (κ3) is 3.98. The number of benzene rings is 2. The van der Waals surface area contributed by atoms with Gasteiger partial charge in [-0.05, 0) is 36.8 Å². The number of H-pyrrole nitrogens is 1. The molecular weight excluding hydrogens is 338 g/mol. The quantitative estimate of drug-likeness (QED) is 0.754. The van der Waals surface area contributed by atoms with Crippen LogP contribution in [-0.2, 0) is 6.54 Å². The van der Waals surface area contributed by atoms with E-state index in [-0.39, 0.29) is 5.91 Å². The van der Waals surface area contributed by atoms with Crippen LogP contribution in [0.5, 0.6) is 5.75 Å². The zero-order chi connectivity index (χ0) is 18.6. The van der Waals surface area contributed by atoms with Gasteiger partial charge in [-0.15, -0.1) is 0 Å². The largest absolute Gasteiger partial charge is 0.494 e. The van der Waals surface area contributed by atoms with Crippen molar-refractivity contribution in [3.63, 3.8) is 0 Å². The van der Waals surface area contributed by atoms with Crippen molar-refractivity contribution < 1.29 is 9.53 Å². The van der Waals surface area contributed by atoms with Crippen LogP contribution in [0.1, 0.15) is 23.0 Å². The van der Waals surface area contributed by atoms with E-state index in [1.807, 2.05) is 54.3 Å². The molecule has 1 N–H and O–H groups in total. The topological polar surface area (TPSA) is 48.6 Å². The third-order valence-electron chi connectivity index (χ3n) is 5.06. The molecule has 3 aromatic rings. The van der Waals surface area contributed by atoms with E-state index in [1.165, 1.54) is 5.56 Å². The summed E-state index contributed by atoms with van der Waals surface area (Å²) in [7, 11) is 0. The molecule has 2 aromatic carbocycles. The molecule has 1 fully saturated rings. The Bertz CT molecular complexity index is 876. The van der Waals surface area contributed by atoms with Crippen LogP contribution in [0.2, 0.25) is 0 Å². The Labute approximate surface area is 159 Å². The van der Waals surface area contributed by atoms with Crippen LogP contribution in [0, 0.1) is 0 Å². The van der Waals surface area contributed by atoms with Crippen molar-refractivity contribution in [3.8, 4) is 5.75 Å². The van der Waals surface area contributed by atoms with E-state index in [9.17, 15) is 4.79 Å². The van der Waals surface area contributed by atoms with Crippen molar-refractivity contribution in [2.75, 3.05) is 32.8 Å². The summed E-state index contributed by atoms with van der Waals surface area (Å²) in [5.74, 6) is 1.00. The molecule has 0 saturated carbocycles. The van der Waals surface area contributed by atoms with Crippen LogP contribution < -0.4 is 4.74 Å². The number of carbonyl (C=O) groups excluding carboxylic acids is 1. The number of hydrogen-bond donors (Lipinski definition) is 1. The van der Waals surface area contributed by atoms with Crippen LogP contribution >= 0.6 is 0 Å². The molecule has 0 atom stereocenters. The molecule has 0 spiro atoms. The molecule has 5 nitrogen and oxygen atoms in total. The van der Waals surface area contributed by atoms with Crippen molar-refractivity contribution in [3.05, 3.63) is 65.9 Å². The first-order chi connectivity index (χ1) is 13.2. The number of nitrogens with zero attached hydrogens (tertiary/aromatic N) is 2. The molecule has 5 heteroatoms. The first kappa shape index (κ1) is 17.6. The van der Waals surface area contributed by atoms with Gasteiger partial charge in [0.1, 0.15) is 11.4 Å². The Kier molecular flexibility index (Phi) is 5.12. The van der Waals surface area contributed by atoms with E-state index in [0.717, 1.165) is 49.4 Å². The number of fused-ring (bicyclic) bond motifs is 1. The van der Waals surface area contributed by atoms with Gasteiger partial charge in [-0.2, -0.15) is 0 Å². The minimum absolute atomic E-state index is 0.0897. The Hall–Kier alpha value is -2.79. The normalized spacial score (nSPS) is 15.2. The zero-order valence-electron chi connectivity index (χ0n) is 15.6. The molecule has 1 amide bonds. The molecule has 0 bridgehead atoms. The summed E-state index contributed by atoms with van der Waals surface area (Å²) in [6.45, 7) is 6.87. The van der Waals surface area contributed by atoms with Gasteiger partial charge < -0.3 is 14.6 Å². The summed E-state index contributed by atoms with van der Waals surface area (Å²) in [6, 6.07) is 18.2. The minimum atomic E-state index is 0.0897. The molecule has 1 aliphatic heterocycles. The molecular formula is C22H25N3O2. The highest BCUT2D eigenvalue weighted by Crippen LogP contribution is 2.18. The highest BCUT2D eigenvalue weighted by molar-refractivity contribution is 5.98. The maximum Gasteiger partial charge on any atom is 0.270 e. The highest BCUT2D eigenvalue weighted by atomic mass is 16.5. The van der Waals surface area contributed by atoms with Crippen LogP contribution in [0.3, 0.4) is 0 Å². The average molecular weight is 363 g/mol. The maximum absolute atomic E-state index is 12.8. The van der Waals surface area contributed by atoms with E-state index < -0.39 is 0 Å². The standard InChI is InChI=1S/C22H25N3O2/c1-2-27-19-9-7-17(8-10-19)16-24-11-13-25(14-12-24)22(26)21-15-18-5-3-4-6-20(18)23-21/h3-10,15,23H,2,11-14,16H2,1H3. The molecule has 0 unspecified atom stereocenters. The van der Waals surface area contributed by atoms with Gasteiger partial charge >= 0.3 is 0 Å². The summed E-state index contributed by atoms with van der Waals surface area (Å²) in [5, 5.41) is 1.08. The number of nitrogens with one attached hydrogen (secondary N) is 1. The van der Waals surface area contributed by atoms with Crippen molar-refractivity contribution in [2.24, 2.45) is 0 Å². The first-order valence-corrected chi connectivity index (χ1v) is 9.54. The first-order valence-electron chi connectivity index (χ1n) is 9.54. The second-order valence-corrected chi connectivity index (χ2v) is 6.92. The van der Waals surface area contributed by atoms with Gasteiger partial charge in [0.15, 0.2) is 0 Å². The molecule has 4 rings (SSSR count). The Morgan fingerprint density at radius 2 is 1.78 bits per heavy atom. The molecule has 27 heavy (non-hydrogen) atoms. The number of hydrogen-bond acceptors (Lipinski definition) is 3. The average Bonchev–Trinajstić information content (AvgIpc) is 3.14. The number of piperazine rings is 1. The predicted molar refractivity (Wildman–Crippen MR) is 107 cm³/mol. The lowest BCUT2D eigenvalue weighted by molar-refractivity contribution is 0.0623. The summed E-state index contributed by atoms with van der Waals surface area (Å²) < 4.78 is 5.49. The summed E-state index contributed by atoms with van der Waals surface area (Å²) >= 11 is 0. The SMILES string of the molecule is CCOc1ccc(CN2CCN(C(=O)c3cc4ccccc4[nH]3)CC2)cc1. The van der Waals surface area contributed by atoms with Crippen molar-refractivity contribution >= 4 is 16.8 Å². The third-order valence-corrected chi connectivity index (χ3v) is 5.06. The van der Waals surface area contributed by atoms with Crippen LogP contribution in [-0.4, -0.2) is 53.5 Å². The lowest BCUT2D eigenvalue weighted by Gasteiger charge is -2.34. The number of rotatable bonds is 5. The van der Waals surface area contributed by atoms with E-state index in [1.54, 1.807) is 0 Å². The fourth-order valence-electron chi connectivity index (χ4n) is 3.58. The second kappa shape index (κ2) is 7.84. The van der Waals surface area contributed by atoms with Crippen LogP contribution in [0.15, 0.2) is 54.6 Å². The molecule has 140 valence electrons. The van der Waals surface area contributed by atoms with Gasteiger partial charge in [0.05, 0.1) is 6.61 Å². The zero-order valence-corrected chi connectivity index (χ0v) is 15.6. The highest BCUT2D eigenvalue weighted by Gasteiger charge is 2.23. The van der Waals surface area contributed by atoms with Crippen LogP contribution in [0.25, 0.3) is 10.9 Å². The van der Waals surface area contributed by atoms with Gasteiger partial charge in [0, 0.05) is 43.6 Å². The number of ether oxygens (including phenoxy) is 1. The molecule has 0 aliphatic carbocycles. The minimum Gasteiger partial charge on any atom is -0.494 e. The Morgan fingerprint density at radius 1 is 1.04 bits per heavy atom. The van der Waals surface area contributed by atoms with E-state index in [4.69, 9.17) is 4.74 Å². The van der Waals surface area contributed by atoms with Crippen LogP contribution in [0.4, 0.5) is 0 Å². The molecule has 1 saturated heterocycles. The lowest BCUT2D eigenvalue weighted by atomic mass is 10.2. The molecule has 1 aliphatic rings. The van der Waals surface area contributed by atoms with Gasteiger partial charge in [-0.25, -0.2) is 0 Å². The van der Waals surface area contributed by atoms with E-state index in [0.29, 0.717) is 12.3 Å². The summed E-state index contributed by atoms with van der Waals surface area (Å²) in [6.07, 6.45) is 0. The van der Waals surface area contributed by atoms with Crippen molar-refractivity contribution in [1.82, 2.24) is 14.8 Å². The molecule has 1 aromatic heterocycles. The van der Waals surface area contributed by atoms with E-state index in [2.05, 4.69) is 22.0 Å². The number of aromatic nitrogens is 1. The number of carbonyl (C=O) groups is 1. The molecule has 2 heterocycles. The van der Waals surface area contributed by atoms with Gasteiger partial charge in [0.2, 0.25) is 0 Å². The van der Waals surface area contributed by atoms with Gasteiger partial charge in [-0.1, -0.05) is 30.3 Å². The van der Waals surface area contributed by atoms with E-state index >= 15 is 0 Å². The lowest BCUT2D eigenvalue weighted by Crippen LogP contribution is -2.48. The summed E-state index contributed by atoms with van der Waals surface area (Å²) in [5.41, 5.74) is 2.96. The number of amides is 1. The smallest absolute Gasteiger partial charge is 0.270 e. The fourth-order valence-corrected chi connectivity index (χ4v) is 3.58. The van der Waals surface area contributed by atoms with Crippen molar-refractivity contribution in [1.29, 1.82) is 0 Å². The van der Waals surface area contributed by atoms with Gasteiger partial charge in [0.25, 0.3) is 5.91 Å². The predicted octanol–water partition coefficient (Wildman–Crippen LogP) is 3.52.